The molecule has 0 aromatic carbocycles. The number of nitrogens with two attached hydrogens (primary N) is 1. The second kappa shape index (κ2) is 4.36. The molecule has 1 aromatic rings. The molecule has 0 aliphatic rings. The molecular weight excluding hydrogens is 184 g/mol. The van der Waals surface area contributed by atoms with Crippen molar-refractivity contribution in [1.82, 2.24) is 4.98 Å². The summed E-state index contributed by atoms with van der Waals surface area (Å²) in [5.74, 6) is -0.371. The minimum absolute atomic E-state index is 0.251. The molecule has 0 saturated heterocycles. The van der Waals surface area contributed by atoms with Crippen LogP contribution in [-0.2, 0) is 4.74 Å². The van der Waals surface area contributed by atoms with Gasteiger partial charge in [0, 0.05) is 6.20 Å². The average molecular weight is 194 g/mol. The Morgan fingerprint density at radius 2 is 2.21 bits per heavy atom. The number of aromatic nitrogens is 1. The van der Waals surface area contributed by atoms with Crippen LogP contribution < -0.4 is 5.73 Å². The van der Waals surface area contributed by atoms with Gasteiger partial charge in [0.1, 0.15) is 5.69 Å². The van der Waals surface area contributed by atoms with E-state index >= 15 is 0 Å². The topological polar surface area (TPSA) is 82.3 Å². The summed E-state index contributed by atoms with van der Waals surface area (Å²) in [5, 5.41) is 0. The number of pyridine rings is 1. The van der Waals surface area contributed by atoms with Crippen LogP contribution in [0.5, 0.6) is 0 Å². The van der Waals surface area contributed by atoms with Crippen LogP contribution >= 0.6 is 0 Å². The summed E-state index contributed by atoms with van der Waals surface area (Å²) in [4.78, 5) is 25.7. The molecule has 1 rings (SSSR count). The fraction of sp³-hybridized carbons (Fsp3) is 0.222. The highest BCUT2D eigenvalue weighted by Gasteiger charge is 2.18. The minimum atomic E-state index is -0.971. The molecule has 0 unspecified atom stereocenters. The van der Waals surface area contributed by atoms with Gasteiger partial charge in [0.2, 0.25) is 5.78 Å². The molecule has 0 aliphatic carbocycles. The summed E-state index contributed by atoms with van der Waals surface area (Å²) in [5.41, 5.74) is 5.03. The van der Waals surface area contributed by atoms with Crippen molar-refractivity contribution in [3.8, 4) is 0 Å². The zero-order chi connectivity index (χ0) is 10.6. The molecule has 0 radical (unpaired) electrons. The lowest BCUT2D eigenvalue weighted by Gasteiger charge is -2.08. The number of Topliss-reactive ketones (excluding diaryl/α,β-unsaturated/α-hetero) is 1. The smallest absolute Gasteiger partial charge is 0.405 e. The summed E-state index contributed by atoms with van der Waals surface area (Å²) in [7, 11) is 0. The van der Waals surface area contributed by atoms with E-state index in [0.29, 0.717) is 0 Å². The van der Waals surface area contributed by atoms with Gasteiger partial charge in [0.05, 0.1) is 0 Å². The van der Waals surface area contributed by atoms with E-state index < -0.39 is 12.2 Å². The molecule has 5 heteroatoms. The summed E-state index contributed by atoms with van der Waals surface area (Å²) >= 11 is 0. The molecule has 0 fully saturated rings. The van der Waals surface area contributed by atoms with Gasteiger partial charge >= 0.3 is 6.09 Å². The molecule has 1 amide bonds. The number of carbonyl (C=O) groups is 2. The van der Waals surface area contributed by atoms with Gasteiger partial charge < -0.3 is 10.5 Å². The van der Waals surface area contributed by atoms with Crippen LogP contribution in [0.1, 0.15) is 17.4 Å². The Kier molecular flexibility index (Phi) is 3.17. The van der Waals surface area contributed by atoms with Crippen LogP contribution in [-0.4, -0.2) is 23.0 Å². The summed E-state index contributed by atoms with van der Waals surface area (Å²) in [6, 6.07) is 4.91. The lowest BCUT2D eigenvalue weighted by molar-refractivity contribution is 0.0690. The monoisotopic (exact) mass is 194 g/mol. The number of rotatable bonds is 3. The van der Waals surface area contributed by atoms with E-state index in [1.165, 1.54) is 13.1 Å². The fourth-order valence-electron chi connectivity index (χ4n) is 0.945. The first-order chi connectivity index (χ1) is 6.61. The fourth-order valence-corrected chi connectivity index (χ4v) is 0.945. The molecule has 0 aliphatic heterocycles. The predicted octanol–water partition coefficient (Wildman–Crippen LogP) is 0.748. The Morgan fingerprint density at radius 1 is 1.50 bits per heavy atom. The maximum atomic E-state index is 11.5. The third kappa shape index (κ3) is 2.55. The first-order valence-electron chi connectivity index (χ1n) is 4.02. The van der Waals surface area contributed by atoms with Crippen molar-refractivity contribution >= 4 is 11.9 Å². The molecule has 74 valence electrons. The van der Waals surface area contributed by atoms with E-state index in [1.54, 1.807) is 18.2 Å². The summed E-state index contributed by atoms with van der Waals surface area (Å²) in [6.45, 7) is 1.45. The largest absolute Gasteiger partial charge is 0.438 e. The Labute approximate surface area is 80.9 Å². The number of primary amides is 1. The van der Waals surface area contributed by atoms with Gasteiger partial charge in [-0.05, 0) is 19.1 Å². The highest BCUT2D eigenvalue weighted by atomic mass is 16.6. The molecule has 5 nitrogen and oxygen atoms in total. The van der Waals surface area contributed by atoms with E-state index in [1.807, 2.05) is 0 Å². The summed E-state index contributed by atoms with van der Waals surface area (Å²) < 4.78 is 4.52. The average Bonchev–Trinajstić information content (AvgIpc) is 2.17. The van der Waals surface area contributed by atoms with Crippen molar-refractivity contribution in [2.24, 2.45) is 5.73 Å². The number of hydrogen-bond donors (Lipinski definition) is 1. The molecule has 14 heavy (non-hydrogen) atoms. The maximum absolute atomic E-state index is 11.5. The first kappa shape index (κ1) is 10.2. The van der Waals surface area contributed by atoms with Crippen molar-refractivity contribution in [3.05, 3.63) is 30.1 Å². The standard InChI is InChI=1S/C9H10N2O3/c1-6(14-9(10)13)8(12)7-4-2-3-5-11-7/h2-6H,1H3,(H2,10,13)/t6-/m0/s1. The van der Waals surface area contributed by atoms with Crippen LogP contribution in [0, 0.1) is 0 Å². The molecule has 1 atom stereocenters. The Morgan fingerprint density at radius 3 is 2.71 bits per heavy atom. The first-order valence-corrected chi connectivity index (χ1v) is 4.02. The third-order valence-electron chi connectivity index (χ3n) is 1.58. The van der Waals surface area contributed by atoms with E-state index in [0.717, 1.165) is 0 Å². The van der Waals surface area contributed by atoms with E-state index in [9.17, 15) is 9.59 Å². The SMILES string of the molecule is C[C@H](OC(N)=O)C(=O)c1ccccn1. The number of nitrogens with zero attached hydrogens (tertiary/aromatic N) is 1. The quantitative estimate of drug-likeness (QED) is 0.719. The second-order valence-corrected chi connectivity index (χ2v) is 2.66. The van der Waals surface area contributed by atoms with Crippen LogP contribution in [0.25, 0.3) is 0 Å². The normalized spacial score (nSPS) is 11.8. The molecular formula is C9H10N2O3. The van der Waals surface area contributed by atoms with E-state index in [4.69, 9.17) is 5.73 Å². The Bertz CT molecular complexity index is 337. The zero-order valence-corrected chi connectivity index (χ0v) is 7.64. The molecule has 1 heterocycles. The number of amides is 1. The van der Waals surface area contributed by atoms with Crippen LogP contribution in [0.2, 0.25) is 0 Å². The van der Waals surface area contributed by atoms with E-state index in [-0.39, 0.29) is 11.5 Å². The lowest BCUT2D eigenvalue weighted by atomic mass is 10.2. The second-order valence-electron chi connectivity index (χ2n) is 2.66. The summed E-state index contributed by atoms with van der Waals surface area (Å²) in [6.07, 6.45) is -0.381. The maximum Gasteiger partial charge on any atom is 0.405 e. The van der Waals surface area contributed by atoms with Crippen LogP contribution in [0.4, 0.5) is 4.79 Å². The molecule has 0 spiro atoms. The molecule has 2 N–H and O–H groups in total. The van der Waals surface area contributed by atoms with Crippen molar-refractivity contribution < 1.29 is 14.3 Å². The van der Waals surface area contributed by atoms with Gasteiger partial charge in [0.15, 0.2) is 6.10 Å². The zero-order valence-electron chi connectivity index (χ0n) is 7.64. The predicted molar refractivity (Wildman–Crippen MR) is 48.7 cm³/mol. The van der Waals surface area contributed by atoms with Gasteiger partial charge in [-0.25, -0.2) is 4.79 Å². The number of ketones is 1. The van der Waals surface area contributed by atoms with Gasteiger partial charge in [0.25, 0.3) is 0 Å². The van der Waals surface area contributed by atoms with Gasteiger partial charge in [-0.1, -0.05) is 6.07 Å². The van der Waals surface area contributed by atoms with Gasteiger partial charge in [-0.3, -0.25) is 9.78 Å². The van der Waals surface area contributed by atoms with Crippen molar-refractivity contribution in [3.63, 3.8) is 0 Å². The highest BCUT2D eigenvalue weighted by Crippen LogP contribution is 2.02. The molecule has 0 bridgehead atoms. The van der Waals surface area contributed by atoms with Crippen molar-refractivity contribution in [2.75, 3.05) is 0 Å². The number of hydrogen-bond acceptors (Lipinski definition) is 4. The minimum Gasteiger partial charge on any atom is -0.438 e. The Balaban J connectivity index is 2.71. The Hall–Kier alpha value is -1.91. The van der Waals surface area contributed by atoms with Gasteiger partial charge in [-0.2, -0.15) is 0 Å². The lowest BCUT2D eigenvalue weighted by Crippen LogP contribution is -2.27. The van der Waals surface area contributed by atoms with Crippen molar-refractivity contribution in [2.45, 2.75) is 13.0 Å². The van der Waals surface area contributed by atoms with E-state index in [2.05, 4.69) is 9.72 Å². The van der Waals surface area contributed by atoms with Gasteiger partial charge in [-0.15, -0.1) is 0 Å². The van der Waals surface area contributed by atoms with Crippen LogP contribution in [0.3, 0.4) is 0 Å². The van der Waals surface area contributed by atoms with Crippen LogP contribution in [0.15, 0.2) is 24.4 Å². The molecule has 1 aromatic heterocycles. The molecule has 0 saturated carbocycles. The number of ether oxygens (including phenoxy) is 1. The third-order valence-corrected chi connectivity index (χ3v) is 1.58. The number of carbonyl (C=O) groups excluding carboxylic acids is 2. The highest BCUT2D eigenvalue weighted by molar-refractivity contribution is 5.98. The van der Waals surface area contributed by atoms with Crippen molar-refractivity contribution in [1.29, 1.82) is 0 Å².